The van der Waals surface area contributed by atoms with E-state index in [0.29, 0.717) is 22.2 Å². The van der Waals surface area contributed by atoms with E-state index >= 15 is 0 Å². The molecule has 0 aliphatic heterocycles. The van der Waals surface area contributed by atoms with Gasteiger partial charge in [-0.1, -0.05) is 27.5 Å². The first-order valence-corrected chi connectivity index (χ1v) is 10.3. The van der Waals surface area contributed by atoms with Crippen LogP contribution in [0.25, 0.3) is 0 Å². The summed E-state index contributed by atoms with van der Waals surface area (Å²) >= 11 is 9.28. The summed E-state index contributed by atoms with van der Waals surface area (Å²) in [6.07, 6.45) is 0. The van der Waals surface area contributed by atoms with Crippen molar-refractivity contribution in [2.24, 2.45) is 0 Å². The number of halogens is 2. The van der Waals surface area contributed by atoms with Crippen molar-refractivity contribution in [3.63, 3.8) is 0 Å². The number of nitrogens with one attached hydrogen (secondary N) is 2. The zero-order valence-corrected chi connectivity index (χ0v) is 17.9. The number of rotatable bonds is 7. The van der Waals surface area contributed by atoms with Gasteiger partial charge in [-0.15, -0.1) is 0 Å². The van der Waals surface area contributed by atoms with Gasteiger partial charge in [-0.2, -0.15) is 4.72 Å². The molecule has 0 bridgehead atoms. The molecule has 2 rings (SSSR count). The third kappa shape index (κ3) is 5.35. The van der Waals surface area contributed by atoms with Gasteiger partial charge in [-0.25, -0.2) is 8.42 Å². The summed E-state index contributed by atoms with van der Waals surface area (Å²) in [7, 11) is -0.995. The van der Waals surface area contributed by atoms with Crippen LogP contribution in [0.1, 0.15) is 6.92 Å². The standard InChI is InChI=1S/C17H18BrClN2O5S/c1-10(21-27(23,24)12-6-4-11(18)5-7-12)17(22)20-14-9-15(25-2)13(19)8-16(14)26-3/h4-10,21H,1-3H3,(H,20,22)/t10-/m1/s1. The number of anilines is 1. The summed E-state index contributed by atoms with van der Waals surface area (Å²) in [6, 6.07) is 8.02. The van der Waals surface area contributed by atoms with E-state index in [2.05, 4.69) is 26.0 Å². The van der Waals surface area contributed by atoms with Crippen LogP contribution in [0.4, 0.5) is 5.69 Å². The Labute approximate surface area is 171 Å². The summed E-state index contributed by atoms with van der Waals surface area (Å²) < 4.78 is 38.2. The fraction of sp³-hybridized carbons (Fsp3) is 0.235. The summed E-state index contributed by atoms with van der Waals surface area (Å²) in [4.78, 5) is 12.5. The molecule has 0 spiro atoms. The molecule has 1 amide bonds. The van der Waals surface area contributed by atoms with Crippen LogP contribution in [0, 0.1) is 0 Å². The smallest absolute Gasteiger partial charge is 0.242 e. The fourth-order valence-corrected chi connectivity index (χ4v) is 3.87. The highest BCUT2D eigenvalue weighted by atomic mass is 79.9. The number of benzene rings is 2. The van der Waals surface area contributed by atoms with Gasteiger partial charge in [-0.05, 0) is 31.2 Å². The third-order valence-electron chi connectivity index (χ3n) is 3.58. The molecule has 27 heavy (non-hydrogen) atoms. The van der Waals surface area contributed by atoms with Gasteiger partial charge in [0.25, 0.3) is 0 Å². The molecular weight excluding hydrogens is 460 g/mol. The Morgan fingerprint density at radius 2 is 1.70 bits per heavy atom. The number of ether oxygens (including phenoxy) is 2. The molecule has 0 saturated heterocycles. The molecule has 0 fully saturated rings. The lowest BCUT2D eigenvalue weighted by molar-refractivity contribution is -0.117. The zero-order valence-electron chi connectivity index (χ0n) is 14.7. The van der Waals surface area contributed by atoms with Crippen molar-refractivity contribution in [2.75, 3.05) is 19.5 Å². The molecule has 2 aromatic carbocycles. The third-order valence-corrected chi connectivity index (χ3v) is 5.96. The average Bonchev–Trinajstić information content (AvgIpc) is 2.62. The Morgan fingerprint density at radius 1 is 1.11 bits per heavy atom. The van der Waals surface area contributed by atoms with Gasteiger partial charge >= 0.3 is 0 Å². The highest BCUT2D eigenvalue weighted by Crippen LogP contribution is 2.35. The van der Waals surface area contributed by atoms with E-state index in [-0.39, 0.29) is 4.90 Å². The number of carbonyl (C=O) groups excluding carboxylic acids is 1. The summed E-state index contributed by atoms with van der Waals surface area (Å²) in [6.45, 7) is 1.44. The maximum atomic E-state index is 12.5. The zero-order chi connectivity index (χ0) is 20.2. The first-order chi connectivity index (χ1) is 12.7. The lowest BCUT2D eigenvalue weighted by Gasteiger charge is -2.17. The van der Waals surface area contributed by atoms with Crippen molar-refractivity contribution in [2.45, 2.75) is 17.9 Å². The summed E-state index contributed by atoms with van der Waals surface area (Å²) in [5.74, 6) is 0.0892. The minimum atomic E-state index is -3.86. The van der Waals surface area contributed by atoms with Crippen LogP contribution in [0.5, 0.6) is 11.5 Å². The average molecular weight is 478 g/mol. The number of hydrogen-bond acceptors (Lipinski definition) is 5. The molecule has 0 aliphatic carbocycles. The number of hydrogen-bond donors (Lipinski definition) is 2. The van der Waals surface area contributed by atoms with Crippen LogP contribution < -0.4 is 19.5 Å². The summed E-state index contributed by atoms with van der Waals surface area (Å²) in [5, 5.41) is 2.93. The van der Waals surface area contributed by atoms with E-state index in [1.165, 1.54) is 45.4 Å². The van der Waals surface area contributed by atoms with Crippen molar-refractivity contribution in [1.82, 2.24) is 4.72 Å². The topological polar surface area (TPSA) is 93.7 Å². The molecule has 1 atom stereocenters. The largest absolute Gasteiger partial charge is 0.495 e. The van der Waals surface area contributed by atoms with Gasteiger partial charge in [0.2, 0.25) is 15.9 Å². The van der Waals surface area contributed by atoms with Crippen LogP contribution >= 0.6 is 27.5 Å². The lowest BCUT2D eigenvalue weighted by atomic mass is 10.2. The van der Waals surface area contributed by atoms with E-state index in [4.69, 9.17) is 21.1 Å². The number of methoxy groups -OCH3 is 2. The molecule has 0 unspecified atom stereocenters. The molecule has 10 heteroatoms. The molecule has 2 N–H and O–H groups in total. The molecule has 0 heterocycles. The fourth-order valence-electron chi connectivity index (χ4n) is 2.17. The lowest BCUT2D eigenvalue weighted by Crippen LogP contribution is -2.41. The van der Waals surface area contributed by atoms with Crippen molar-refractivity contribution < 1.29 is 22.7 Å². The van der Waals surface area contributed by atoms with E-state index in [1.807, 2.05) is 0 Å². The van der Waals surface area contributed by atoms with Crippen molar-refractivity contribution in [3.8, 4) is 11.5 Å². The molecule has 146 valence electrons. The van der Waals surface area contributed by atoms with Crippen molar-refractivity contribution >= 4 is 49.1 Å². The molecule has 0 saturated carbocycles. The monoisotopic (exact) mass is 476 g/mol. The van der Waals surface area contributed by atoms with E-state index in [0.717, 1.165) is 4.47 Å². The van der Waals surface area contributed by atoms with Crippen LogP contribution in [0.15, 0.2) is 45.8 Å². The minimum Gasteiger partial charge on any atom is -0.495 e. The van der Waals surface area contributed by atoms with Gasteiger partial charge in [0.15, 0.2) is 0 Å². The highest BCUT2D eigenvalue weighted by Gasteiger charge is 2.23. The quantitative estimate of drug-likeness (QED) is 0.637. The predicted molar refractivity (Wildman–Crippen MR) is 107 cm³/mol. The molecule has 2 aromatic rings. The SMILES string of the molecule is COc1cc(NC(=O)[C@@H](C)NS(=O)(=O)c2ccc(Br)cc2)c(OC)cc1Cl. The molecule has 0 aliphatic rings. The highest BCUT2D eigenvalue weighted by molar-refractivity contribution is 9.10. The Kier molecular flexibility index (Phi) is 7.10. The predicted octanol–water partition coefficient (Wildman–Crippen LogP) is 3.43. The van der Waals surface area contributed by atoms with Crippen LogP contribution in [-0.2, 0) is 14.8 Å². The van der Waals surface area contributed by atoms with Crippen molar-refractivity contribution in [3.05, 3.63) is 45.9 Å². The maximum absolute atomic E-state index is 12.5. The maximum Gasteiger partial charge on any atom is 0.242 e. The van der Waals surface area contributed by atoms with Crippen LogP contribution in [0.3, 0.4) is 0 Å². The Balaban J connectivity index is 2.17. The normalized spacial score (nSPS) is 12.3. The molecular formula is C17H18BrClN2O5S. The van der Waals surface area contributed by atoms with E-state index < -0.39 is 22.0 Å². The second kappa shape index (κ2) is 8.92. The van der Waals surface area contributed by atoms with Gasteiger partial charge in [0.1, 0.15) is 11.5 Å². The van der Waals surface area contributed by atoms with Crippen molar-refractivity contribution in [1.29, 1.82) is 0 Å². The van der Waals surface area contributed by atoms with Gasteiger partial charge in [0, 0.05) is 16.6 Å². The van der Waals surface area contributed by atoms with E-state index in [9.17, 15) is 13.2 Å². The van der Waals surface area contributed by atoms with Crippen LogP contribution in [0.2, 0.25) is 5.02 Å². The van der Waals surface area contributed by atoms with Crippen LogP contribution in [-0.4, -0.2) is 34.6 Å². The molecule has 0 aromatic heterocycles. The van der Waals surface area contributed by atoms with Gasteiger partial charge < -0.3 is 14.8 Å². The number of carbonyl (C=O) groups is 1. The Hall–Kier alpha value is -1.81. The second-order valence-electron chi connectivity index (χ2n) is 5.47. The minimum absolute atomic E-state index is 0.0519. The Bertz CT molecular complexity index is 935. The van der Waals surface area contributed by atoms with Gasteiger partial charge in [0.05, 0.1) is 35.9 Å². The first kappa shape index (κ1) is 21.5. The molecule has 0 radical (unpaired) electrons. The first-order valence-electron chi connectivity index (χ1n) is 7.68. The van der Waals surface area contributed by atoms with E-state index in [1.54, 1.807) is 12.1 Å². The number of amides is 1. The summed E-state index contributed by atoms with van der Waals surface area (Å²) in [5.41, 5.74) is 0.304. The molecule has 7 nitrogen and oxygen atoms in total. The Morgan fingerprint density at radius 3 is 2.26 bits per heavy atom. The number of sulfonamides is 1. The van der Waals surface area contributed by atoms with Gasteiger partial charge in [-0.3, -0.25) is 4.79 Å². The second-order valence-corrected chi connectivity index (χ2v) is 8.51.